The molecular weight excluding hydrogens is 505 g/mol. The molecule has 4 rings (SSSR count). The van der Waals surface area contributed by atoms with Crippen LogP contribution in [0.5, 0.6) is 5.75 Å². The molecule has 37 heavy (non-hydrogen) atoms. The molecule has 0 spiro atoms. The second kappa shape index (κ2) is 8.68. The number of benzene rings is 2. The first-order valence-corrected chi connectivity index (χ1v) is 11.0. The van der Waals surface area contributed by atoms with Crippen LogP contribution in [0.15, 0.2) is 30.3 Å². The fourth-order valence-electron chi connectivity index (χ4n) is 5.46. The SMILES string of the molecule is COc1c([C@H]2[C@H](C(=O)Nc3ccc(C(N)=O)c(C(N)=O)c3)O[C@]3(C(F)(F)F)CC[C@]23C)ccc(F)c1F. The highest BCUT2D eigenvalue weighted by Crippen LogP contribution is 2.71. The highest BCUT2D eigenvalue weighted by atomic mass is 19.4. The molecule has 1 aliphatic carbocycles. The number of alkyl halides is 3. The van der Waals surface area contributed by atoms with Gasteiger partial charge in [0.05, 0.1) is 18.2 Å². The van der Waals surface area contributed by atoms with E-state index in [1.54, 1.807) is 0 Å². The molecule has 0 bridgehead atoms. The number of halogens is 5. The summed E-state index contributed by atoms with van der Waals surface area (Å²) in [5, 5.41) is 2.36. The van der Waals surface area contributed by atoms with E-state index in [1.807, 2.05) is 0 Å². The molecular formula is C24H22F5N3O5. The van der Waals surface area contributed by atoms with Crippen molar-refractivity contribution in [1.82, 2.24) is 0 Å². The second-order valence-corrected chi connectivity index (χ2v) is 9.22. The number of nitrogens with one attached hydrogen (secondary N) is 1. The maximum atomic E-state index is 14.6. The zero-order valence-corrected chi connectivity index (χ0v) is 19.5. The fourth-order valence-corrected chi connectivity index (χ4v) is 5.46. The predicted octanol–water partition coefficient (Wildman–Crippen LogP) is 3.39. The van der Waals surface area contributed by atoms with Gasteiger partial charge < -0.3 is 26.3 Å². The number of nitrogens with two attached hydrogens (primary N) is 2. The van der Waals surface area contributed by atoms with Crippen molar-refractivity contribution in [3.63, 3.8) is 0 Å². The molecule has 2 aromatic carbocycles. The highest BCUT2D eigenvalue weighted by Gasteiger charge is 2.80. The number of hydrogen-bond acceptors (Lipinski definition) is 5. The zero-order chi connectivity index (χ0) is 27.5. The minimum absolute atomic E-state index is 0.0256. The van der Waals surface area contributed by atoms with Gasteiger partial charge in [0.1, 0.15) is 6.10 Å². The summed E-state index contributed by atoms with van der Waals surface area (Å²) >= 11 is 0. The van der Waals surface area contributed by atoms with Crippen LogP contribution < -0.4 is 21.5 Å². The lowest BCUT2D eigenvalue weighted by Crippen LogP contribution is -2.63. The Morgan fingerprint density at radius 1 is 1.05 bits per heavy atom. The number of methoxy groups -OCH3 is 1. The third kappa shape index (κ3) is 3.79. The third-order valence-electron chi connectivity index (χ3n) is 7.39. The Morgan fingerprint density at radius 2 is 1.70 bits per heavy atom. The van der Waals surface area contributed by atoms with Crippen LogP contribution in [0.1, 0.15) is 52.0 Å². The molecule has 0 aromatic heterocycles. The average Bonchev–Trinajstić information content (AvgIpc) is 2.99. The maximum Gasteiger partial charge on any atom is 0.418 e. The van der Waals surface area contributed by atoms with Gasteiger partial charge in [0.15, 0.2) is 17.2 Å². The van der Waals surface area contributed by atoms with E-state index in [0.717, 1.165) is 31.4 Å². The number of carbonyl (C=O) groups is 3. The summed E-state index contributed by atoms with van der Waals surface area (Å²) in [5.41, 5.74) is 5.22. The van der Waals surface area contributed by atoms with Crippen LogP contribution in [-0.2, 0) is 9.53 Å². The number of anilines is 1. The largest absolute Gasteiger partial charge is 0.493 e. The van der Waals surface area contributed by atoms with E-state index < -0.39 is 70.7 Å². The number of amides is 3. The minimum atomic E-state index is -4.89. The number of hydrogen-bond donors (Lipinski definition) is 3. The van der Waals surface area contributed by atoms with Gasteiger partial charge in [-0.1, -0.05) is 13.0 Å². The van der Waals surface area contributed by atoms with Crippen LogP contribution in [0, 0.1) is 17.0 Å². The van der Waals surface area contributed by atoms with Crippen molar-refractivity contribution in [2.45, 2.75) is 43.6 Å². The first-order chi connectivity index (χ1) is 17.2. The van der Waals surface area contributed by atoms with Gasteiger partial charge in [0.2, 0.25) is 17.6 Å². The van der Waals surface area contributed by atoms with Gasteiger partial charge in [0, 0.05) is 22.6 Å². The van der Waals surface area contributed by atoms with Gasteiger partial charge in [-0.05, 0) is 37.1 Å². The Kier molecular flexibility index (Phi) is 6.18. The Bertz CT molecular complexity index is 1320. The molecule has 1 aliphatic heterocycles. The monoisotopic (exact) mass is 527 g/mol. The summed E-state index contributed by atoms with van der Waals surface area (Å²) in [6.07, 6.45) is -7.18. The van der Waals surface area contributed by atoms with Gasteiger partial charge in [-0.25, -0.2) is 4.39 Å². The number of primary amides is 2. The zero-order valence-electron chi connectivity index (χ0n) is 19.5. The molecule has 1 saturated carbocycles. The molecule has 5 N–H and O–H groups in total. The molecule has 3 amide bonds. The van der Waals surface area contributed by atoms with E-state index in [0.29, 0.717) is 0 Å². The maximum absolute atomic E-state index is 14.6. The van der Waals surface area contributed by atoms with Crippen LogP contribution in [0.3, 0.4) is 0 Å². The molecule has 1 heterocycles. The summed E-state index contributed by atoms with van der Waals surface area (Å²) in [7, 11) is 1.03. The molecule has 2 aliphatic rings. The Hall–Kier alpha value is -3.74. The number of rotatable bonds is 6. The Labute approximate surface area is 207 Å². The number of ether oxygens (including phenoxy) is 2. The first-order valence-electron chi connectivity index (χ1n) is 11.0. The van der Waals surface area contributed by atoms with Gasteiger partial charge in [-0.3, -0.25) is 14.4 Å². The fraction of sp³-hybridized carbons (Fsp3) is 0.375. The molecule has 8 nitrogen and oxygen atoms in total. The topological polar surface area (TPSA) is 134 Å². The van der Waals surface area contributed by atoms with Crippen molar-refractivity contribution in [3.05, 3.63) is 58.7 Å². The molecule has 1 saturated heterocycles. The van der Waals surface area contributed by atoms with Crippen LogP contribution in [0.25, 0.3) is 0 Å². The average molecular weight is 527 g/mol. The first kappa shape index (κ1) is 26.3. The van der Waals surface area contributed by atoms with E-state index in [2.05, 4.69) is 5.32 Å². The quantitative estimate of drug-likeness (QED) is 0.496. The van der Waals surface area contributed by atoms with Crippen LogP contribution in [0.4, 0.5) is 27.6 Å². The number of fused-ring (bicyclic) bond motifs is 1. The van der Waals surface area contributed by atoms with Crippen LogP contribution in [-0.4, -0.2) is 42.7 Å². The molecule has 0 radical (unpaired) electrons. The summed E-state index contributed by atoms with van der Waals surface area (Å²) in [4.78, 5) is 36.7. The Balaban J connectivity index is 1.80. The lowest BCUT2D eigenvalue weighted by atomic mass is 9.51. The van der Waals surface area contributed by atoms with E-state index in [1.165, 1.54) is 13.0 Å². The second-order valence-electron chi connectivity index (χ2n) is 9.22. The van der Waals surface area contributed by atoms with Crippen molar-refractivity contribution in [2.24, 2.45) is 16.9 Å². The standard InChI is InChI=1S/C24H22F5N3O5/c1-22-7-8-23(22,24(27,28)29)37-18(15(22)12-5-6-14(25)16(26)17(12)36-2)21(35)32-10-3-4-11(19(30)33)13(9-10)20(31)34/h3-6,9,15,18H,7-8H2,1-2H3,(H2,30,33)(H2,31,34)(H,32,35)/t15-,18+,22+,23+/m0/s1. The lowest BCUT2D eigenvalue weighted by molar-refractivity contribution is -0.328. The molecule has 2 fully saturated rings. The van der Waals surface area contributed by atoms with Gasteiger partial charge >= 0.3 is 6.18 Å². The minimum Gasteiger partial charge on any atom is -0.493 e. The smallest absolute Gasteiger partial charge is 0.418 e. The van der Waals surface area contributed by atoms with Crippen LogP contribution in [0.2, 0.25) is 0 Å². The summed E-state index contributed by atoms with van der Waals surface area (Å²) in [5.74, 6) is -7.79. The molecule has 2 aromatic rings. The van der Waals surface area contributed by atoms with E-state index in [-0.39, 0.29) is 28.8 Å². The van der Waals surface area contributed by atoms with Gasteiger partial charge in [-0.2, -0.15) is 17.6 Å². The van der Waals surface area contributed by atoms with E-state index in [4.69, 9.17) is 20.9 Å². The van der Waals surface area contributed by atoms with E-state index >= 15 is 0 Å². The molecule has 0 unspecified atom stereocenters. The normalized spacial score (nSPS) is 26.7. The van der Waals surface area contributed by atoms with Crippen molar-refractivity contribution in [3.8, 4) is 5.75 Å². The molecule has 4 atom stereocenters. The lowest BCUT2D eigenvalue weighted by Gasteiger charge is -2.54. The predicted molar refractivity (Wildman–Crippen MR) is 119 cm³/mol. The summed E-state index contributed by atoms with van der Waals surface area (Å²) < 4.78 is 81.8. The van der Waals surface area contributed by atoms with Crippen molar-refractivity contribution >= 4 is 23.4 Å². The highest BCUT2D eigenvalue weighted by molar-refractivity contribution is 6.07. The van der Waals surface area contributed by atoms with Crippen molar-refractivity contribution in [1.29, 1.82) is 0 Å². The summed E-state index contributed by atoms with van der Waals surface area (Å²) in [6, 6.07) is 5.15. The van der Waals surface area contributed by atoms with Crippen LogP contribution >= 0.6 is 0 Å². The summed E-state index contributed by atoms with van der Waals surface area (Å²) in [6.45, 7) is 1.27. The molecule has 198 valence electrons. The van der Waals surface area contributed by atoms with Crippen molar-refractivity contribution < 1.29 is 45.8 Å². The molecule has 13 heteroatoms. The third-order valence-corrected chi connectivity index (χ3v) is 7.39. The van der Waals surface area contributed by atoms with Crippen molar-refractivity contribution in [2.75, 3.05) is 12.4 Å². The van der Waals surface area contributed by atoms with E-state index in [9.17, 15) is 36.3 Å². The van der Waals surface area contributed by atoms with Gasteiger partial charge in [-0.15, -0.1) is 0 Å². The Morgan fingerprint density at radius 3 is 2.22 bits per heavy atom. The number of carbonyl (C=O) groups excluding carboxylic acids is 3. The van der Waals surface area contributed by atoms with Gasteiger partial charge in [0.25, 0.3) is 5.91 Å².